The number of hydrogen-bond acceptors (Lipinski definition) is 3. The van der Waals surface area contributed by atoms with Crippen molar-refractivity contribution < 1.29 is 8.42 Å². The van der Waals surface area contributed by atoms with E-state index in [1.165, 1.54) is 0 Å². The largest absolute Gasteiger partial charge is 0.311 e. The standard InChI is InChI=1S/C6H11NO2S/c1-4-5-3-10(8,9)6(4)2-7-5/h4-7H,2-3H2,1H3. The van der Waals surface area contributed by atoms with E-state index in [2.05, 4.69) is 5.32 Å². The average Bonchev–Trinajstić information content (AvgIpc) is 2.21. The van der Waals surface area contributed by atoms with E-state index in [0.717, 1.165) is 0 Å². The number of sulfone groups is 1. The molecule has 0 aromatic carbocycles. The predicted octanol–water partition coefficient (Wildman–Crippen LogP) is -0.609. The Labute approximate surface area is 60.7 Å². The summed E-state index contributed by atoms with van der Waals surface area (Å²) in [5, 5.41) is 3.10. The molecule has 1 N–H and O–H groups in total. The molecule has 58 valence electrons. The summed E-state index contributed by atoms with van der Waals surface area (Å²) in [5.74, 6) is 0.698. The second-order valence-electron chi connectivity index (χ2n) is 3.24. The van der Waals surface area contributed by atoms with E-state index >= 15 is 0 Å². The van der Waals surface area contributed by atoms with Gasteiger partial charge in [0.1, 0.15) is 0 Å². The van der Waals surface area contributed by atoms with Crippen LogP contribution in [0.25, 0.3) is 0 Å². The molecule has 0 radical (unpaired) electrons. The van der Waals surface area contributed by atoms with E-state index in [1.54, 1.807) is 0 Å². The van der Waals surface area contributed by atoms with Crippen molar-refractivity contribution in [3.8, 4) is 0 Å². The molecule has 2 fully saturated rings. The van der Waals surface area contributed by atoms with Crippen molar-refractivity contribution in [2.75, 3.05) is 12.3 Å². The lowest BCUT2D eigenvalue weighted by Crippen LogP contribution is -2.35. The highest BCUT2D eigenvalue weighted by Crippen LogP contribution is 2.31. The van der Waals surface area contributed by atoms with Gasteiger partial charge in [-0.1, -0.05) is 6.92 Å². The van der Waals surface area contributed by atoms with Crippen LogP contribution in [0.2, 0.25) is 0 Å². The summed E-state index contributed by atoms with van der Waals surface area (Å²) >= 11 is 0. The van der Waals surface area contributed by atoms with Crippen LogP contribution in [0, 0.1) is 5.92 Å². The maximum absolute atomic E-state index is 11.2. The number of fused-ring (bicyclic) bond motifs is 2. The van der Waals surface area contributed by atoms with Gasteiger partial charge in [0, 0.05) is 12.6 Å². The van der Waals surface area contributed by atoms with Crippen LogP contribution in [-0.4, -0.2) is 32.0 Å². The van der Waals surface area contributed by atoms with Crippen molar-refractivity contribution in [1.82, 2.24) is 5.32 Å². The minimum absolute atomic E-state index is 0.0856. The van der Waals surface area contributed by atoms with Crippen LogP contribution in [-0.2, 0) is 9.84 Å². The van der Waals surface area contributed by atoms with Gasteiger partial charge in [-0.3, -0.25) is 0 Å². The monoisotopic (exact) mass is 161 g/mol. The Morgan fingerprint density at radius 3 is 2.40 bits per heavy atom. The first-order valence-electron chi connectivity index (χ1n) is 3.56. The fraction of sp³-hybridized carbons (Fsp3) is 1.00. The van der Waals surface area contributed by atoms with Gasteiger partial charge in [0.25, 0.3) is 0 Å². The zero-order chi connectivity index (χ0) is 7.35. The van der Waals surface area contributed by atoms with Crippen molar-refractivity contribution in [1.29, 1.82) is 0 Å². The predicted molar refractivity (Wildman–Crippen MR) is 38.5 cm³/mol. The van der Waals surface area contributed by atoms with E-state index in [1.807, 2.05) is 6.92 Å². The van der Waals surface area contributed by atoms with Gasteiger partial charge < -0.3 is 5.32 Å². The Morgan fingerprint density at radius 1 is 1.50 bits per heavy atom. The lowest BCUT2D eigenvalue weighted by atomic mass is 10.1. The van der Waals surface area contributed by atoms with Crippen LogP contribution < -0.4 is 5.32 Å². The van der Waals surface area contributed by atoms with Crippen molar-refractivity contribution in [3.63, 3.8) is 0 Å². The van der Waals surface area contributed by atoms with Crippen molar-refractivity contribution >= 4 is 9.84 Å². The SMILES string of the molecule is CC1C2CS(=O)(=O)C1CN2. The van der Waals surface area contributed by atoms with Crippen molar-refractivity contribution in [2.45, 2.75) is 18.2 Å². The van der Waals surface area contributed by atoms with Gasteiger partial charge in [-0.25, -0.2) is 8.42 Å². The van der Waals surface area contributed by atoms with Crippen LogP contribution in [0.3, 0.4) is 0 Å². The highest BCUT2D eigenvalue weighted by Gasteiger charge is 2.49. The molecule has 0 aromatic rings. The molecule has 2 rings (SSSR count). The third-order valence-corrected chi connectivity index (χ3v) is 5.02. The molecule has 4 heteroatoms. The first kappa shape index (κ1) is 6.61. The smallest absolute Gasteiger partial charge is 0.156 e. The normalized spacial score (nSPS) is 49.9. The molecule has 10 heavy (non-hydrogen) atoms. The number of hydrogen-bond donors (Lipinski definition) is 1. The molecule has 0 aliphatic carbocycles. The molecule has 2 aliphatic rings. The van der Waals surface area contributed by atoms with E-state index in [0.29, 0.717) is 18.2 Å². The second kappa shape index (κ2) is 1.74. The Kier molecular flexibility index (Phi) is 1.15. The molecule has 0 spiro atoms. The van der Waals surface area contributed by atoms with Crippen LogP contribution in [0.15, 0.2) is 0 Å². The molecule has 0 amide bonds. The summed E-state index contributed by atoms with van der Waals surface area (Å²) in [7, 11) is -2.70. The van der Waals surface area contributed by atoms with E-state index in [4.69, 9.17) is 0 Å². The summed E-state index contributed by atoms with van der Waals surface area (Å²) in [6.45, 7) is 2.69. The maximum atomic E-state index is 11.2. The highest BCUT2D eigenvalue weighted by molar-refractivity contribution is 7.92. The summed E-state index contributed by atoms with van der Waals surface area (Å²) in [5.41, 5.74) is 0. The molecule has 2 bridgehead atoms. The van der Waals surface area contributed by atoms with Crippen LogP contribution in [0.1, 0.15) is 6.92 Å². The van der Waals surface area contributed by atoms with Gasteiger partial charge in [0.15, 0.2) is 9.84 Å². The Balaban J connectivity index is 2.41. The summed E-state index contributed by atoms with van der Waals surface area (Å²) < 4.78 is 22.4. The second-order valence-corrected chi connectivity index (χ2v) is 5.51. The number of nitrogens with one attached hydrogen (secondary N) is 1. The first-order valence-corrected chi connectivity index (χ1v) is 5.28. The van der Waals surface area contributed by atoms with E-state index in [9.17, 15) is 8.42 Å². The fourth-order valence-electron chi connectivity index (χ4n) is 1.94. The molecule has 2 aliphatic heterocycles. The van der Waals surface area contributed by atoms with Gasteiger partial charge in [-0.15, -0.1) is 0 Å². The van der Waals surface area contributed by atoms with Gasteiger partial charge >= 0.3 is 0 Å². The Morgan fingerprint density at radius 2 is 2.20 bits per heavy atom. The lowest BCUT2D eigenvalue weighted by molar-refractivity contribution is 0.551. The van der Waals surface area contributed by atoms with E-state index < -0.39 is 9.84 Å². The van der Waals surface area contributed by atoms with Crippen LogP contribution >= 0.6 is 0 Å². The third kappa shape index (κ3) is 0.661. The van der Waals surface area contributed by atoms with E-state index in [-0.39, 0.29) is 11.3 Å². The van der Waals surface area contributed by atoms with Gasteiger partial charge in [0.2, 0.25) is 0 Å². The molecule has 2 saturated heterocycles. The Hall–Kier alpha value is -0.0900. The van der Waals surface area contributed by atoms with Gasteiger partial charge in [-0.05, 0) is 5.92 Å². The van der Waals surface area contributed by atoms with Gasteiger partial charge in [-0.2, -0.15) is 0 Å². The van der Waals surface area contributed by atoms with Crippen LogP contribution in [0.4, 0.5) is 0 Å². The zero-order valence-electron chi connectivity index (χ0n) is 5.87. The first-order chi connectivity index (χ1) is 4.61. The molecular weight excluding hydrogens is 150 g/mol. The Bertz CT molecular complexity index is 246. The molecule has 0 aromatic heterocycles. The minimum atomic E-state index is -2.70. The van der Waals surface area contributed by atoms with Crippen molar-refractivity contribution in [3.05, 3.63) is 0 Å². The topological polar surface area (TPSA) is 46.2 Å². The summed E-state index contributed by atoms with van der Waals surface area (Å²) in [6.07, 6.45) is 0. The molecule has 0 saturated carbocycles. The molecule has 3 nitrogen and oxygen atoms in total. The molecule has 2 heterocycles. The quantitative estimate of drug-likeness (QED) is 0.515. The molecule has 3 unspecified atom stereocenters. The third-order valence-electron chi connectivity index (χ3n) is 2.68. The van der Waals surface area contributed by atoms with Crippen LogP contribution in [0.5, 0.6) is 0 Å². The number of rotatable bonds is 0. The van der Waals surface area contributed by atoms with Gasteiger partial charge in [0.05, 0.1) is 11.0 Å². The lowest BCUT2D eigenvalue weighted by Gasteiger charge is -2.10. The molecular formula is C6H11NO2S. The average molecular weight is 161 g/mol. The fourth-order valence-corrected chi connectivity index (χ4v) is 4.30. The zero-order valence-corrected chi connectivity index (χ0v) is 6.69. The maximum Gasteiger partial charge on any atom is 0.156 e. The summed E-state index contributed by atoms with van der Waals surface area (Å²) in [6, 6.07) is 0.245. The van der Waals surface area contributed by atoms with Crippen molar-refractivity contribution in [2.24, 2.45) is 5.92 Å². The summed E-state index contributed by atoms with van der Waals surface area (Å²) in [4.78, 5) is 0. The molecule has 3 atom stereocenters. The minimum Gasteiger partial charge on any atom is -0.311 e. The highest BCUT2D eigenvalue weighted by atomic mass is 32.2.